The maximum Gasteiger partial charge on any atom is 0.222 e. The predicted octanol–water partition coefficient (Wildman–Crippen LogP) is 3.00. The van der Waals surface area contributed by atoms with E-state index in [1.54, 1.807) is 0 Å². The Morgan fingerprint density at radius 3 is 2.70 bits per heavy atom. The molecule has 30 heavy (non-hydrogen) atoms. The lowest BCUT2D eigenvalue weighted by atomic mass is 9.97. The molecule has 1 aromatic rings. The topological polar surface area (TPSA) is 60.0 Å². The molecule has 0 aromatic heterocycles. The number of carbonyl (C=O) groups is 1. The predicted molar refractivity (Wildman–Crippen MR) is 123 cm³/mol. The van der Waals surface area contributed by atoms with E-state index < -0.39 is 0 Å². The molecule has 0 radical (unpaired) electrons. The second-order valence-corrected chi connectivity index (χ2v) is 8.71. The summed E-state index contributed by atoms with van der Waals surface area (Å²) in [5.41, 5.74) is 1.38. The van der Waals surface area contributed by atoms with Crippen molar-refractivity contribution >= 4 is 11.9 Å². The number of hydrogen-bond acceptors (Lipinski definition) is 3. The van der Waals surface area contributed by atoms with Gasteiger partial charge in [0.05, 0.1) is 0 Å². The Bertz CT molecular complexity index is 692. The molecule has 0 aliphatic carbocycles. The first kappa shape index (κ1) is 22.6. The van der Waals surface area contributed by atoms with Gasteiger partial charge < -0.3 is 15.5 Å². The highest BCUT2D eigenvalue weighted by molar-refractivity contribution is 5.80. The number of piperidine rings is 1. The number of aliphatic imine (C=N–C) groups is 1. The van der Waals surface area contributed by atoms with Crippen molar-refractivity contribution in [3.63, 3.8) is 0 Å². The maximum absolute atomic E-state index is 12.0. The lowest BCUT2D eigenvalue weighted by molar-refractivity contribution is -0.129. The lowest BCUT2D eigenvalue weighted by Crippen LogP contribution is -2.51. The molecule has 6 nitrogen and oxygen atoms in total. The summed E-state index contributed by atoms with van der Waals surface area (Å²) in [5, 5.41) is 7.10. The molecular formula is C24H39N5O. The number of carbonyl (C=O) groups excluding carboxylic acids is 1. The van der Waals surface area contributed by atoms with E-state index in [-0.39, 0.29) is 0 Å². The number of amides is 1. The van der Waals surface area contributed by atoms with E-state index in [0.717, 1.165) is 64.2 Å². The summed E-state index contributed by atoms with van der Waals surface area (Å²) in [6.07, 6.45) is 5.94. The number of nitrogens with one attached hydrogen (secondary N) is 2. The van der Waals surface area contributed by atoms with E-state index in [2.05, 4.69) is 69.6 Å². The minimum absolute atomic E-state index is 0.320. The molecule has 3 atom stereocenters. The quantitative estimate of drug-likeness (QED) is 0.508. The van der Waals surface area contributed by atoms with Gasteiger partial charge in [0.25, 0.3) is 0 Å². The van der Waals surface area contributed by atoms with Crippen molar-refractivity contribution in [2.24, 2.45) is 4.99 Å². The van der Waals surface area contributed by atoms with E-state index in [0.29, 0.717) is 30.5 Å². The van der Waals surface area contributed by atoms with Gasteiger partial charge in [0, 0.05) is 57.8 Å². The number of benzene rings is 1. The van der Waals surface area contributed by atoms with E-state index in [9.17, 15) is 4.79 Å². The molecule has 166 valence electrons. The van der Waals surface area contributed by atoms with Crippen LogP contribution in [0.4, 0.5) is 0 Å². The van der Waals surface area contributed by atoms with Crippen LogP contribution in [0.1, 0.15) is 57.9 Å². The molecule has 2 saturated heterocycles. The minimum Gasteiger partial charge on any atom is -0.356 e. The molecule has 0 spiro atoms. The molecule has 3 rings (SSSR count). The molecule has 1 amide bonds. The third-order valence-electron chi connectivity index (χ3n) is 6.60. The summed E-state index contributed by atoms with van der Waals surface area (Å²) in [6, 6.07) is 12.1. The van der Waals surface area contributed by atoms with Crippen LogP contribution in [0.15, 0.2) is 35.3 Å². The van der Waals surface area contributed by atoms with Crippen molar-refractivity contribution in [1.29, 1.82) is 0 Å². The van der Waals surface area contributed by atoms with Crippen LogP contribution in [0, 0.1) is 0 Å². The Labute approximate surface area is 182 Å². The molecule has 1 aromatic carbocycles. The van der Waals surface area contributed by atoms with Crippen LogP contribution in [0.3, 0.4) is 0 Å². The summed E-state index contributed by atoms with van der Waals surface area (Å²) >= 11 is 0. The van der Waals surface area contributed by atoms with E-state index in [4.69, 9.17) is 0 Å². The first-order valence-corrected chi connectivity index (χ1v) is 11.6. The molecular weight excluding hydrogens is 374 g/mol. The van der Waals surface area contributed by atoms with E-state index >= 15 is 0 Å². The second-order valence-electron chi connectivity index (χ2n) is 8.71. The van der Waals surface area contributed by atoms with Crippen molar-refractivity contribution in [3.05, 3.63) is 35.9 Å². The van der Waals surface area contributed by atoms with Crippen molar-refractivity contribution in [2.45, 2.75) is 77.0 Å². The van der Waals surface area contributed by atoms with Crippen LogP contribution in [0.25, 0.3) is 0 Å². The van der Waals surface area contributed by atoms with Crippen molar-refractivity contribution in [3.8, 4) is 0 Å². The standard InChI is InChI=1S/C24H39N5O/c1-4-22(29-15-8-11-23(29)30)12-14-26-24(25-3)27-21-13-16-28(19(2)17-21)18-20-9-6-5-7-10-20/h5-7,9-10,19,21-22H,4,8,11-18H2,1-3H3,(H2,25,26,27). The third-order valence-corrected chi connectivity index (χ3v) is 6.60. The Morgan fingerprint density at radius 1 is 1.27 bits per heavy atom. The van der Waals surface area contributed by atoms with Crippen LogP contribution in [-0.2, 0) is 11.3 Å². The van der Waals surface area contributed by atoms with Gasteiger partial charge in [0.2, 0.25) is 5.91 Å². The number of rotatable bonds is 8. The maximum atomic E-state index is 12.0. The first-order chi connectivity index (χ1) is 14.6. The lowest BCUT2D eigenvalue weighted by Gasteiger charge is -2.38. The summed E-state index contributed by atoms with van der Waals surface area (Å²) in [7, 11) is 1.84. The molecule has 0 bridgehead atoms. The van der Waals surface area contributed by atoms with Gasteiger partial charge in [-0.25, -0.2) is 0 Å². The van der Waals surface area contributed by atoms with Crippen molar-refractivity contribution in [2.75, 3.05) is 26.7 Å². The molecule has 2 aliphatic heterocycles. The van der Waals surface area contributed by atoms with Crippen LogP contribution in [0.5, 0.6) is 0 Å². The van der Waals surface area contributed by atoms with Gasteiger partial charge in [-0.3, -0.25) is 14.7 Å². The van der Waals surface area contributed by atoms with E-state index in [1.165, 1.54) is 5.56 Å². The Morgan fingerprint density at radius 2 is 2.07 bits per heavy atom. The fourth-order valence-corrected chi connectivity index (χ4v) is 4.79. The fraction of sp³-hybridized carbons (Fsp3) is 0.667. The SMILES string of the molecule is CCC(CCNC(=NC)NC1CCN(Cc2ccccc2)C(C)C1)N1CCCC1=O. The van der Waals surface area contributed by atoms with Crippen molar-refractivity contribution in [1.82, 2.24) is 20.4 Å². The molecule has 2 heterocycles. The van der Waals surface area contributed by atoms with Gasteiger partial charge in [0.1, 0.15) is 0 Å². The van der Waals surface area contributed by atoms with Gasteiger partial charge in [-0.2, -0.15) is 0 Å². The molecule has 3 unspecified atom stereocenters. The van der Waals surface area contributed by atoms with Crippen LogP contribution in [-0.4, -0.2) is 66.5 Å². The molecule has 6 heteroatoms. The van der Waals surface area contributed by atoms with Gasteiger partial charge >= 0.3 is 0 Å². The van der Waals surface area contributed by atoms with Crippen LogP contribution in [0.2, 0.25) is 0 Å². The highest BCUT2D eigenvalue weighted by Crippen LogP contribution is 2.20. The molecule has 0 saturated carbocycles. The first-order valence-electron chi connectivity index (χ1n) is 11.6. The summed E-state index contributed by atoms with van der Waals surface area (Å²) < 4.78 is 0. The zero-order chi connectivity index (χ0) is 21.3. The van der Waals surface area contributed by atoms with Gasteiger partial charge in [0.15, 0.2) is 5.96 Å². The largest absolute Gasteiger partial charge is 0.356 e. The minimum atomic E-state index is 0.320. The number of nitrogens with zero attached hydrogens (tertiary/aromatic N) is 3. The highest BCUT2D eigenvalue weighted by Gasteiger charge is 2.27. The van der Waals surface area contributed by atoms with Crippen LogP contribution < -0.4 is 10.6 Å². The molecule has 2 N–H and O–H groups in total. The third kappa shape index (κ3) is 6.21. The zero-order valence-corrected chi connectivity index (χ0v) is 18.9. The zero-order valence-electron chi connectivity index (χ0n) is 18.9. The van der Waals surface area contributed by atoms with Gasteiger partial charge in [-0.15, -0.1) is 0 Å². The molecule has 2 fully saturated rings. The number of likely N-dealkylation sites (tertiary alicyclic amines) is 2. The average Bonchev–Trinajstić information content (AvgIpc) is 3.18. The monoisotopic (exact) mass is 413 g/mol. The van der Waals surface area contributed by atoms with Crippen molar-refractivity contribution < 1.29 is 4.79 Å². The van der Waals surface area contributed by atoms with Crippen LogP contribution >= 0.6 is 0 Å². The van der Waals surface area contributed by atoms with Gasteiger partial charge in [-0.05, 0) is 44.6 Å². The summed E-state index contributed by atoms with van der Waals surface area (Å²) in [4.78, 5) is 21.1. The summed E-state index contributed by atoms with van der Waals surface area (Å²) in [5.74, 6) is 1.20. The Hall–Kier alpha value is -2.08. The summed E-state index contributed by atoms with van der Waals surface area (Å²) in [6.45, 7) is 8.38. The van der Waals surface area contributed by atoms with Gasteiger partial charge in [-0.1, -0.05) is 37.3 Å². The Kier molecular flexibility index (Phi) is 8.55. The highest BCUT2D eigenvalue weighted by atomic mass is 16.2. The number of guanidine groups is 1. The smallest absolute Gasteiger partial charge is 0.222 e. The van der Waals surface area contributed by atoms with E-state index in [1.807, 2.05) is 7.05 Å². The molecule has 2 aliphatic rings. The Balaban J connectivity index is 1.41. The average molecular weight is 414 g/mol. The fourth-order valence-electron chi connectivity index (χ4n) is 4.79. The second kappa shape index (κ2) is 11.3. The normalized spacial score (nSPS) is 24.2. The number of hydrogen-bond donors (Lipinski definition) is 2.